The maximum Gasteiger partial charge on any atom is 0.238 e. The second kappa shape index (κ2) is 6.36. The highest BCUT2D eigenvalue weighted by atomic mass is 35.5. The smallest absolute Gasteiger partial charge is 0.238 e. The van der Waals surface area contributed by atoms with Crippen LogP contribution < -0.4 is 4.74 Å². The SMILES string of the molecule is CCCc1ccc(Oc2ccc(CCl)nn2)cc1. The minimum Gasteiger partial charge on any atom is -0.438 e. The first kappa shape index (κ1) is 12.8. The van der Waals surface area contributed by atoms with Gasteiger partial charge in [-0.1, -0.05) is 25.5 Å². The molecular weight excluding hydrogens is 248 g/mol. The summed E-state index contributed by atoms with van der Waals surface area (Å²) in [5.74, 6) is 1.61. The molecule has 0 aliphatic heterocycles. The monoisotopic (exact) mass is 262 g/mol. The van der Waals surface area contributed by atoms with Crippen molar-refractivity contribution in [2.24, 2.45) is 0 Å². The van der Waals surface area contributed by atoms with Crippen LogP contribution in [0.5, 0.6) is 11.6 Å². The van der Waals surface area contributed by atoms with Gasteiger partial charge in [0.2, 0.25) is 5.88 Å². The summed E-state index contributed by atoms with van der Waals surface area (Å²) in [6.45, 7) is 2.17. The van der Waals surface area contributed by atoms with Crippen molar-refractivity contribution in [1.29, 1.82) is 0 Å². The molecule has 0 atom stereocenters. The Morgan fingerprint density at radius 1 is 1.06 bits per heavy atom. The third-order valence-corrected chi connectivity index (χ3v) is 2.79. The molecule has 0 aliphatic rings. The van der Waals surface area contributed by atoms with Crippen molar-refractivity contribution in [3.8, 4) is 11.6 Å². The highest BCUT2D eigenvalue weighted by Gasteiger charge is 2.00. The number of alkyl halides is 1. The lowest BCUT2D eigenvalue weighted by molar-refractivity contribution is 0.454. The minimum absolute atomic E-state index is 0.360. The van der Waals surface area contributed by atoms with Crippen LogP contribution in [-0.2, 0) is 12.3 Å². The first-order valence-electron chi connectivity index (χ1n) is 5.97. The molecule has 0 N–H and O–H groups in total. The summed E-state index contributed by atoms with van der Waals surface area (Å²) >= 11 is 5.64. The lowest BCUT2D eigenvalue weighted by Gasteiger charge is -2.05. The largest absolute Gasteiger partial charge is 0.438 e. The van der Waals surface area contributed by atoms with Gasteiger partial charge in [-0.3, -0.25) is 0 Å². The van der Waals surface area contributed by atoms with Gasteiger partial charge in [-0.25, -0.2) is 0 Å². The first-order chi connectivity index (χ1) is 8.81. The van der Waals surface area contributed by atoms with Crippen molar-refractivity contribution in [3.05, 3.63) is 47.7 Å². The summed E-state index contributed by atoms with van der Waals surface area (Å²) in [6, 6.07) is 11.6. The maximum atomic E-state index is 5.64. The molecule has 0 radical (unpaired) electrons. The van der Waals surface area contributed by atoms with Crippen molar-refractivity contribution < 1.29 is 4.74 Å². The van der Waals surface area contributed by atoms with E-state index in [2.05, 4.69) is 29.3 Å². The van der Waals surface area contributed by atoms with Crippen LogP contribution in [0, 0.1) is 0 Å². The Hall–Kier alpha value is -1.61. The van der Waals surface area contributed by atoms with Crippen molar-refractivity contribution in [3.63, 3.8) is 0 Å². The molecule has 4 heteroatoms. The van der Waals surface area contributed by atoms with E-state index in [9.17, 15) is 0 Å². The van der Waals surface area contributed by atoms with Gasteiger partial charge in [0.1, 0.15) is 5.75 Å². The fourth-order valence-corrected chi connectivity index (χ4v) is 1.75. The summed E-state index contributed by atoms with van der Waals surface area (Å²) in [7, 11) is 0. The molecule has 94 valence electrons. The average Bonchev–Trinajstić information content (AvgIpc) is 2.42. The minimum atomic E-state index is 0.360. The normalized spacial score (nSPS) is 10.3. The van der Waals surface area contributed by atoms with E-state index in [-0.39, 0.29) is 0 Å². The lowest BCUT2D eigenvalue weighted by atomic mass is 10.1. The number of halogens is 1. The molecular formula is C14H15ClN2O. The van der Waals surface area contributed by atoms with Crippen molar-refractivity contribution in [2.45, 2.75) is 25.6 Å². The third-order valence-electron chi connectivity index (χ3n) is 2.52. The van der Waals surface area contributed by atoms with E-state index >= 15 is 0 Å². The number of aromatic nitrogens is 2. The standard InChI is InChI=1S/C14H15ClN2O/c1-2-3-11-4-7-13(8-5-11)18-14-9-6-12(10-15)16-17-14/h4-9H,2-3,10H2,1H3. The van der Waals surface area contributed by atoms with E-state index < -0.39 is 0 Å². The first-order valence-corrected chi connectivity index (χ1v) is 6.50. The predicted octanol–water partition coefficient (Wildman–Crippen LogP) is 3.96. The van der Waals surface area contributed by atoms with Gasteiger partial charge in [-0.15, -0.1) is 16.7 Å². The molecule has 1 aromatic carbocycles. The number of aryl methyl sites for hydroxylation is 1. The van der Waals surface area contributed by atoms with E-state index in [1.165, 1.54) is 5.56 Å². The number of nitrogens with zero attached hydrogens (tertiary/aromatic N) is 2. The summed E-state index contributed by atoms with van der Waals surface area (Å²) in [4.78, 5) is 0. The molecule has 3 nitrogen and oxygen atoms in total. The van der Waals surface area contributed by atoms with Crippen LogP contribution in [0.15, 0.2) is 36.4 Å². The van der Waals surface area contributed by atoms with Crippen molar-refractivity contribution in [1.82, 2.24) is 10.2 Å². The quantitative estimate of drug-likeness (QED) is 0.765. The number of hydrogen-bond acceptors (Lipinski definition) is 3. The number of ether oxygens (including phenoxy) is 1. The summed E-state index contributed by atoms with van der Waals surface area (Å²) in [5, 5.41) is 7.88. The molecule has 1 heterocycles. The fourth-order valence-electron chi connectivity index (χ4n) is 1.61. The predicted molar refractivity (Wildman–Crippen MR) is 72.1 cm³/mol. The molecule has 0 unspecified atom stereocenters. The highest BCUT2D eigenvalue weighted by molar-refractivity contribution is 6.16. The molecule has 0 spiro atoms. The van der Waals surface area contributed by atoms with Gasteiger partial charge >= 0.3 is 0 Å². The number of rotatable bonds is 5. The van der Waals surface area contributed by atoms with Gasteiger partial charge in [0.05, 0.1) is 11.6 Å². The van der Waals surface area contributed by atoms with E-state index in [1.54, 1.807) is 12.1 Å². The van der Waals surface area contributed by atoms with Crippen LogP contribution in [0.4, 0.5) is 0 Å². The second-order valence-corrected chi connectivity index (χ2v) is 4.26. The summed E-state index contributed by atoms with van der Waals surface area (Å²) < 4.78 is 5.59. The Morgan fingerprint density at radius 2 is 1.83 bits per heavy atom. The van der Waals surface area contributed by atoms with E-state index in [4.69, 9.17) is 16.3 Å². The number of hydrogen-bond donors (Lipinski definition) is 0. The van der Waals surface area contributed by atoms with Crippen LogP contribution in [0.1, 0.15) is 24.6 Å². The Bertz CT molecular complexity index is 482. The summed E-state index contributed by atoms with van der Waals surface area (Å²) in [6.07, 6.45) is 2.23. The molecule has 2 rings (SSSR count). The molecule has 0 bridgehead atoms. The van der Waals surface area contributed by atoms with E-state index in [0.29, 0.717) is 11.8 Å². The molecule has 0 saturated carbocycles. The van der Waals surface area contributed by atoms with Gasteiger partial charge < -0.3 is 4.74 Å². The van der Waals surface area contributed by atoms with Gasteiger partial charge in [-0.05, 0) is 30.2 Å². The zero-order chi connectivity index (χ0) is 12.8. The molecule has 1 aromatic heterocycles. The van der Waals surface area contributed by atoms with Gasteiger partial charge in [0.25, 0.3) is 0 Å². The van der Waals surface area contributed by atoms with E-state index in [1.807, 2.05) is 12.1 Å². The highest BCUT2D eigenvalue weighted by Crippen LogP contribution is 2.19. The molecule has 2 aromatic rings. The van der Waals surface area contributed by atoms with Crippen LogP contribution in [0.3, 0.4) is 0 Å². The molecule has 0 aliphatic carbocycles. The Morgan fingerprint density at radius 3 is 2.39 bits per heavy atom. The van der Waals surface area contributed by atoms with Crippen molar-refractivity contribution >= 4 is 11.6 Å². The van der Waals surface area contributed by atoms with Crippen LogP contribution in [-0.4, -0.2) is 10.2 Å². The van der Waals surface area contributed by atoms with Crippen molar-refractivity contribution in [2.75, 3.05) is 0 Å². The molecule has 0 saturated heterocycles. The van der Waals surface area contributed by atoms with Gasteiger partial charge in [0, 0.05) is 6.07 Å². The zero-order valence-corrected chi connectivity index (χ0v) is 11.0. The number of benzene rings is 1. The topological polar surface area (TPSA) is 35.0 Å². The average molecular weight is 263 g/mol. The third kappa shape index (κ3) is 3.44. The Labute approximate surface area is 112 Å². The fraction of sp³-hybridized carbons (Fsp3) is 0.286. The summed E-state index contributed by atoms with van der Waals surface area (Å²) in [5.41, 5.74) is 2.05. The molecule has 0 fully saturated rings. The van der Waals surface area contributed by atoms with E-state index in [0.717, 1.165) is 24.3 Å². The molecule has 0 amide bonds. The molecule has 18 heavy (non-hydrogen) atoms. The van der Waals surface area contributed by atoms with Crippen LogP contribution in [0.25, 0.3) is 0 Å². The van der Waals surface area contributed by atoms with Gasteiger partial charge in [-0.2, -0.15) is 5.10 Å². The maximum absolute atomic E-state index is 5.64. The van der Waals surface area contributed by atoms with Gasteiger partial charge in [0.15, 0.2) is 0 Å². The lowest BCUT2D eigenvalue weighted by Crippen LogP contribution is -1.93. The zero-order valence-electron chi connectivity index (χ0n) is 10.3. The van der Waals surface area contributed by atoms with Crippen LogP contribution >= 0.6 is 11.6 Å². The Balaban J connectivity index is 2.03. The Kier molecular flexibility index (Phi) is 4.53. The second-order valence-electron chi connectivity index (χ2n) is 3.99. The van der Waals surface area contributed by atoms with Crippen LogP contribution in [0.2, 0.25) is 0 Å².